The van der Waals surface area contributed by atoms with Crippen LogP contribution in [0.3, 0.4) is 0 Å². The average Bonchev–Trinajstić information content (AvgIpc) is 2.15. The minimum atomic E-state index is -0.121. The van der Waals surface area contributed by atoms with Gasteiger partial charge in [0.25, 0.3) is 0 Å². The Morgan fingerprint density at radius 2 is 2.00 bits per heavy atom. The molecule has 76 valence electrons. The number of ether oxygens (including phenoxy) is 1. The number of hydrogen-bond acceptors (Lipinski definition) is 2. The number of carbonyl (C=O) groups excluding carboxylic acids is 1. The molecule has 0 radical (unpaired) electrons. The first-order valence-electron chi connectivity index (χ1n) is 4.88. The summed E-state index contributed by atoms with van der Waals surface area (Å²) in [6.45, 7) is 4.39. The zero-order valence-electron chi connectivity index (χ0n) is 9.69. The van der Waals surface area contributed by atoms with E-state index in [-0.39, 0.29) is 7.40 Å². The molecule has 0 saturated heterocycles. The Labute approximate surface area is 86.4 Å². The second-order valence-corrected chi connectivity index (χ2v) is 3.74. The highest BCUT2D eigenvalue weighted by molar-refractivity contribution is 5.69. The van der Waals surface area contributed by atoms with Gasteiger partial charge in [0.1, 0.15) is 6.61 Å². The Balaban J connectivity index is 0.00000196. The first-order chi connectivity index (χ1) is 6.68. The van der Waals surface area contributed by atoms with Crippen LogP contribution in [0.1, 0.15) is 27.3 Å². The molecular formula is C12H17O2+. The lowest BCUT2D eigenvalue weighted by Crippen LogP contribution is -2.07. The zero-order valence-corrected chi connectivity index (χ0v) is 8.69. The van der Waals surface area contributed by atoms with Crippen molar-refractivity contribution in [2.24, 2.45) is 5.92 Å². The fourth-order valence-corrected chi connectivity index (χ4v) is 1.13. The lowest BCUT2D eigenvalue weighted by atomic mass is 10.1. The normalized spacial score (nSPS) is 10.2. The van der Waals surface area contributed by atoms with E-state index in [4.69, 9.17) is 4.74 Å². The molecule has 0 aliphatic heterocycles. The Hall–Kier alpha value is -1.31. The van der Waals surface area contributed by atoms with Crippen LogP contribution in [0.5, 0.6) is 0 Å². The molecule has 0 N–H and O–H groups in total. The molecule has 0 amide bonds. The summed E-state index contributed by atoms with van der Waals surface area (Å²) in [6.07, 6.45) is 0.493. The minimum Gasteiger partial charge on any atom is -0.461 e. The van der Waals surface area contributed by atoms with Crippen molar-refractivity contribution in [1.29, 1.82) is 0 Å². The fourth-order valence-electron chi connectivity index (χ4n) is 1.13. The molecule has 1 aromatic rings. The summed E-state index contributed by atoms with van der Waals surface area (Å²) >= 11 is 0. The van der Waals surface area contributed by atoms with E-state index >= 15 is 0 Å². The standard InChI is InChI=1S/C12H16O2/c1-10(2)8-12(13)14-9-11-6-4-3-5-7-11/h3-7,10H,8-9H2,1-2H3/p+1. The van der Waals surface area contributed by atoms with Crippen molar-refractivity contribution in [3.8, 4) is 0 Å². The molecule has 1 rings (SSSR count). The summed E-state index contributed by atoms with van der Waals surface area (Å²) in [5, 5.41) is 0. The summed E-state index contributed by atoms with van der Waals surface area (Å²) < 4.78 is 5.10. The maximum Gasteiger partial charge on any atom is 1.00 e. The van der Waals surface area contributed by atoms with E-state index < -0.39 is 0 Å². The largest absolute Gasteiger partial charge is 1.00 e. The van der Waals surface area contributed by atoms with Crippen LogP contribution in [-0.4, -0.2) is 5.97 Å². The molecule has 0 saturated carbocycles. The highest BCUT2D eigenvalue weighted by Gasteiger charge is 2.05. The van der Waals surface area contributed by atoms with E-state index in [1.54, 1.807) is 0 Å². The molecule has 0 fully saturated rings. The topological polar surface area (TPSA) is 26.3 Å². The molecule has 0 heterocycles. The van der Waals surface area contributed by atoms with E-state index in [0.29, 0.717) is 18.9 Å². The highest BCUT2D eigenvalue weighted by atomic mass is 16.5. The van der Waals surface area contributed by atoms with Gasteiger partial charge in [-0.1, -0.05) is 44.2 Å². The highest BCUT2D eigenvalue weighted by Crippen LogP contribution is 2.05. The van der Waals surface area contributed by atoms with E-state index in [2.05, 4.69) is 0 Å². The van der Waals surface area contributed by atoms with Crippen LogP contribution in [0.15, 0.2) is 30.3 Å². The second kappa shape index (κ2) is 5.43. The number of carbonyl (C=O) groups is 1. The monoisotopic (exact) mass is 193 g/mol. The van der Waals surface area contributed by atoms with Crippen LogP contribution >= 0.6 is 0 Å². The zero-order chi connectivity index (χ0) is 10.4. The van der Waals surface area contributed by atoms with Crippen molar-refractivity contribution in [3.05, 3.63) is 35.9 Å². The maximum atomic E-state index is 11.2. The lowest BCUT2D eigenvalue weighted by molar-refractivity contribution is -0.145. The van der Waals surface area contributed by atoms with Crippen LogP contribution in [0.4, 0.5) is 0 Å². The van der Waals surface area contributed by atoms with E-state index in [1.807, 2.05) is 44.2 Å². The Morgan fingerprint density at radius 1 is 1.36 bits per heavy atom. The van der Waals surface area contributed by atoms with Crippen LogP contribution in [-0.2, 0) is 16.1 Å². The first kappa shape index (κ1) is 10.8. The molecule has 2 heteroatoms. The third kappa shape index (κ3) is 4.08. The predicted octanol–water partition coefficient (Wildman–Crippen LogP) is 2.89. The van der Waals surface area contributed by atoms with Crippen LogP contribution in [0.2, 0.25) is 0 Å². The molecule has 0 aliphatic rings. The Kier molecular flexibility index (Phi) is 4.17. The SMILES string of the molecule is CC(C)CC(=O)OCc1ccccc1.[H+]. The third-order valence-electron chi connectivity index (χ3n) is 1.82. The van der Waals surface area contributed by atoms with Crippen molar-refractivity contribution in [2.45, 2.75) is 26.9 Å². The number of hydrogen-bond donors (Lipinski definition) is 0. The van der Waals surface area contributed by atoms with Crippen molar-refractivity contribution < 1.29 is 11.0 Å². The van der Waals surface area contributed by atoms with E-state index in [1.165, 1.54) is 0 Å². The van der Waals surface area contributed by atoms with Crippen LogP contribution < -0.4 is 0 Å². The van der Waals surface area contributed by atoms with Crippen molar-refractivity contribution in [2.75, 3.05) is 0 Å². The van der Waals surface area contributed by atoms with E-state index in [9.17, 15) is 4.79 Å². The summed E-state index contributed by atoms with van der Waals surface area (Å²) in [7, 11) is 0. The maximum absolute atomic E-state index is 11.2. The van der Waals surface area contributed by atoms with Crippen molar-refractivity contribution >= 4 is 5.97 Å². The predicted molar refractivity (Wildman–Crippen MR) is 56.8 cm³/mol. The summed E-state index contributed by atoms with van der Waals surface area (Å²) in [5.41, 5.74) is 1.03. The summed E-state index contributed by atoms with van der Waals surface area (Å²) in [6, 6.07) is 9.71. The lowest BCUT2D eigenvalue weighted by Gasteiger charge is -2.06. The number of benzene rings is 1. The molecule has 0 aliphatic carbocycles. The van der Waals surface area contributed by atoms with Gasteiger partial charge in [-0.15, -0.1) is 0 Å². The molecule has 0 unspecified atom stereocenters. The smallest absolute Gasteiger partial charge is 0.461 e. The van der Waals surface area contributed by atoms with Gasteiger partial charge in [-0.05, 0) is 11.5 Å². The summed E-state index contributed by atoms with van der Waals surface area (Å²) in [5.74, 6) is 0.238. The first-order valence-corrected chi connectivity index (χ1v) is 4.88. The van der Waals surface area contributed by atoms with Gasteiger partial charge in [0, 0.05) is 6.42 Å². The minimum absolute atomic E-state index is 0. The van der Waals surface area contributed by atoms with Gasteiger partial charge in [0.05, 0.1) is 0 Å². The molecule has 2 nitrogen and oxygen atoms in total. The van der Waals surface area contributed by atoms with Crippen molar-refractivity contribution in [1.82, 2.24) is 0 Å². The van der Waals surface area contributed by atoms with Gasteiger partial charge in [-0.3, -0.25) is 4.79 Å². The molecule has 14 heavy (non-hydrogen) atoms. The number of esters is 1. The molecule has 0 spiro atoms. The van der Waals surface area contributed by atoms with Gasteiger partial charge in [-0.25, -0.2) is 0 Å². The fraction of sp³-hybridized carbons (Fsp3) is 0.417. The van der Waals surface area contributed by atoms with Gasteiger partial charge in [0.2, 0.25) is 0 Å². The summed E-state index contributed by atoms with van der Waals surface area (Å²) in [4.78, 5) is 11.2. The molecule has 0 bridgehead atoms. The van der Waals surface area contributed by atoms with Gasteiger partial charge < -0.3 is 4.74 Å². The average molecular weight is 193 g/mol. The van der Waals surface area contributed by atoms with E-state index in [0.717, 1.165) is 5.56 Å². The van der Waals surface area contributed by atoms with Gasteiger partial charge >= 0.3 is 7.40 Å². The molecule has 0 atom stereocenters. The molecular weight excluding hydrogens is 176 g/mol. The third-order valence-corrected chi connectivity index (χ3v) is 1.82. The Morgan fingerprint density at radius 3 is 2.57 bits per heavy atom. The second-order valence-electron chi connectivity index (χ2n) is 3.74. The number of rotatable bonds is 4. The Bertz CT molecular complexity index is 283. The van der Waals surface area contributed by atoms with Crippen LogP contribution in [0, 0.1) is 5.92 Å². The van der Waals surface area contributed by atoms with Crippen LogP contribution in [0.25, 0.3) is 0 Å². The van der Waals surface area contributed by atoms with Gasteiger partial charge in [-0.2, -0.15) is 0 Å². The molecule has 0 aromatic heterocycles. The quantitative estimate of drug-likeness (QED) is 0.687. The van der Waals surface area contributed by atoms with Crippen molar-refractivity contribution in [3.63, 3.8) is 0 Å². The molecule has 1 aromatic carbocycles. The van der Waals surface area contributed by atoms with Gasteiger partial charge in [0.15, 0.2) is 0 Å².